The lowest BCUT2D eigenvalue weighted by Gasteiger charge is -2.08. The van der Waals surface area contributed by atoms with Crippen LogP contribution >= 0.6 is 11.8 Å². The summed E-state index contributed by atoms with van der Waals surface area (Å²) in [5, 5.41) is 2.97. The molecule has 0 saturated carbocycles. The van der Waals surface area contributed by atoms with E-state index in [-0.39, 0.29) is 5.91 Å². The molecule has 0 heterocycles. The van der Waals surface area contributed by atoms with Gasteiger partial charge in [0.15, 0.2) is 0 Å². The smallest absolute Gasteiger partial charge is 0.251 e. The molecule has 4 nitrogen and oxygen atoms in total. The monoisotopic (exact) mass is 421 g/mol. The highest BCUT2D eigenvalue weighted by Gasteiger charge is 2.05. The summed E-state index contributed by atoms with van der Waals surface area (Å²) >= 11 is 1.76. The average molecular weight is 422 g/mol. The van der Waals surface area contributed by atoms with Gasteiger partial charge >= 0.3 is 0 Å². The van der Waals surface area contributed by atoms with E-state index in [1.165, 1.54) is 10.5 Å². The first-order chi connectivity index (χ1) is 14.7. The zero-order chi connectivity index (χ0) is 21.0. The van der Waals surface area contributed by atoms with Gasteiger partial charge in [0, 0.05) is 22.8 Å². The second kappa shape index (κ2) is 11.9. The molecular formula is C25H27NO3S. The highest BCUT2D eigenvalue weighted by atomic mass is 32.2. The number of methoxy groups -OCH3 is 1. The van der Waals surface area contributed by atoms with Crippen molar-refractivity contribution in [3.05, 3.63) is 90.0 Å². The van der Waals surface area contributed by atoms with Crippen LogP contribution in [0.2, 0.25) is 0 Å². The molecule has 3 rings (SSSR count). The fourth-order valence-electron chi connectivity index (χ4n) is 2.96. The largest absolute Gasteiger partial charge is 0.497 e. The number of hydrogen-bond acceptors (Lipinski definition) is 4. The van der Waals surface area contributed by atoms with Crippen LogP contribution in [0, 0.1) is 0 Å². The number of nitrogens with one attached hydrogen (secondary N) is 1. The maximum Gasteiger partial charge on any atom is 0.251 e. The number of hydrogen-bond donors (Lipinski definition) is 1. The third-order valence-electron chi connectivity index (χ3n) is 4.54. The summed E-state index contributed by atoms with van der Waals surface area (Å²) < 4.78 is 11.0. The van der Waals surface area contributed by atoms with Gasteiger partial charge in [0.05, 0.1) is 13.7 Å². The summed E-state index contributed by atoms with van der Waals surface area (Å²) in [5.41, 5.74) is 1.85. The van der Waals surface area contributed by atoms with Gasteiger partial charge in [0.2, 0.25) is 0 Å². The first-order valence-corrected chi connectivity index (χ1v) is 11.0. The molecule has 0 fully saturated rings. The van der Waals surface area contributed by atoms with Gasteiger partial charge in [0.25, 0.3) is 5.91 Å². The molecule has 0 bridgehead atoms. The molecule has 3 aromatic carbocycles. The van der Waals surface area contributed by atoms with Crippen molar-refractivity contribution in [2.24, 2.45) is 0 Å². The highest BCUT2D eigenvalue weighted by molar-refractivity contribution is 7.99. The quantitative estimate of drug-likeness (QED) is 0.340. The predicted octanol–water partition coefficient (Wildman–Crippen LogP) is 5.23. The van der Waals surface area contributed by atoms with E-state index in [1.54, 1.807) is 31.0 Å². The van der Waals surface area contributed by atoms with Crippen LogP contribution in [0.4, 0.5) is 0 Å². The Hall–Kier alpha value is -2.92. The van der Waals surface area contributed by atoms with E-state index in [9.17, 15) is 4.79 Å². The van der Waals surface area contributed by atoms with Crippen molar-refractivity contribution in [1.29, 1.82) is 0 Å². The topological polar surface area (TPSA) is 47.6 Å². The Labute approximate surface area is 182 Å². The standard InChI is InChI=1S/C25H27NO3S/c1-28-23-9-5-7-20(19-23)8-6-16-26-25(27)21-12-14-22(15-13-21)29-17-18-30-24-10-3-2-4-11-24/h2-5,7,9-15,19H,6,8,16-18H2,1H3,(H,26,27). The Bertz CT molecular complexity index is 913. The van der Waals surface area contributed by atoms with Gasteiger partial charge in [-0.2, -0.15) is 0 Å². The van der Waals surface area contributed by atoms with Gasteiger partial charge in [-0.15, -0.1) is 11.8 Å². The SMILES string of the molecule is COc1cccc(CCCNC(=O)c2ccc(OCCSc3ccccc3)cc2)c1. The van der Waals surface area contributed by atoms with Crippen LogP contribution in [-0.2, 0) is 6.42 Å². The summed E-state index contributed by atoms with van der Waals surface area (Å²) in [6.07, 6.45) is 1.77. The summed E-state index contributed by atoms with van der Waals surface area (Å²) in [6.45, 7) is 1.25. The molecule has 0 aliphatic rings. The molecule has 5 heteroatoms. The van der Waals surface area contributed by atoms with Crippen LogP contribution in [0.15, 0.2) is 83.8 Å². The molecule has 3 aromatic rings. The minimum absolute atomic E-state index is 0.0631. The molecule has 1 amide bonds. The van der Waals surface area contributed by atoms with E-state index in [1.807, 2.05) is 48.5 Å². The number of benzene rings is 3. The Morgan fingerprint density at radius 2 is 1.73 bits per heavy atom. The van der Waals surface area contributed by atoms with Crippen molar-refractivity contribution in [2.45, 2.75) is 17.7 Å². The van der Waals surface area contributed by atoms with Crippen molar-refractivity contribution in [3.63, 3.8) is 0 Å². The molecular weight excluding hydrogens is 394 g/mol. The van der Waals surface area contributed by atoms with Gasteiger partial charge in [-0.1, -0.05) is 30.3 Å². The second-order valence-electron chi connectivity index (χ2n) is 6.75. The second-order valence-corrected chi connectivity index (χ2v) is 7.91. The van der Waals surface area contributed by atoms with Crippen LogP contribution < -0.4 is 14.8 Å². The molecule has 1 N–H and O–H groups in total. The van der Waals surface area contributed by atoms with Gasteiger partial charge < -0.3 is 14.8 Å². The predicted molar refractivity (Wildman–Crippen MR) is 123 cm³/mol. The molecule has 0 saturated heterocycles. The summed E-state index contributed by atoms with van der Waals surface area (Å²) in [4.78, 5) is 13.5. The summed E-state index contributed by atoms with van der Waals surface area (Å²) in [5.74, 6) is 2.45. The number of carbonyl (C=O) groups is 1. The molecule has 0 unspecified atom stereocenters. The van der Waals surface area contributed by atoms with Gasteiger partial charge in [0.1, 0.15) is 11.5 Å². The molecule has 156 valence electrons. The lowest BCUT2D eigenvalue weighted by molar-refractivity contribution is 0.0953. The van der Waals surface area contributed by atoms with Crippen LogP contribution in [0.3, 0.4) is 0 Å². The van der Waals surface area contributed by atoms with Crippen molar-refractivity contribution in [3.8, 4) is 11.5 Å². The zero-order valence-electron chi connectivity index (χ0n) is 17.2. The fourth-order valence-corrected chi connectivity index (χ4v) is 3.71. The van der Waals surface area contributed by atoms with E-state index < -0.39 is 0 Å². The lowest BCUT2D eigenvalue weighted by Crippen LogP contribution is -2.24. The average Bonchev–Trinajstić information content (AvgIpc) is 2.80. The van der Waals surface area contributed by atoms with Crippen molar-refractivity contribution in [1.82, 2.24) is 5.32 Å². The van der Waals surface area contributed by atoms with Crippen LogP contribution in [0.1, 0.15) is 22.3 Å². The Balaban J connectivity index is 1.35. The van der Waals surface area contributed by atoms with E-state index in [0.29, 0.717) is 18.7 Å². The Kier molecular flexibility index (Phi) is 8.66. The van der Waals surface area contributed by atoms with Gasteiger partial charge in [-0.05, 0) is 66.9 Å². The number of rotatable bonds is 11. The van der Waals surface area contributed by atoms with E-state index in [4.69, 9.17) is 9.47 Å². The van der Waals surface area contributed by atoms with Gasteiger partial charge in [-0.3, -0.25) is 4.79 Å². The van der Waals surface area contributed by atoms with E-state index >= 15 is 0 Å². The van der Waals surface area contributed by atoms with Crippen LogP contribution in [0.25, 0.3) is 0 Å². The third kappa shape index (κ3) is 7.16. The molecule has 0 aromatic heterocycles. The molecule has 30 heavy (non-hydrogen) atoms. The first-order valence-electron chi connectivity index (χ1n) is 10.1. The minimum Gasteiger partial charge on any atom is -0.497 e. The third-order valence-corrected chi connectivity index (χ3v) is 5.52. The van der Waals surface area contributed by atoms with Crippen LogP contribution in [0.5, 0.6) is 11.5 Å². The van der Waals surface area contributed by atoms with Crippen molar-refractivity contribution in [2.75, 3.05) is 26.0 Å². The van der Waals surface area contributed by atoms with Crippen molar-refractivity contribution < 1.29 is 14.3 Å². The molecule has 0 radical (unpaired) electrons. The maximum absolute atomic E-state index is 12.3. The molecule has 0 spiro atoms. The maximum atomic E-state index is 12.3. The summed E-state index contributed by atoms with van der Waals surface area (Å²) in [6, 6.07) is 25.6. The number of thioether (sulfide) groups is 1. The number of carbonyl (C=O) groups excluding carboxylic acids is 1. The normalized spacial score (nSPS) is 10.4. The molecule has 0 aliphatic carbocycles. The molecule has 0 atom stereocenters. The minimum atomic E-state index is -0.0631. The number of ether oxygens (including phenoxy) is 2. The lowest BCUT2D eigenvalue weighted by atomic mass is 10.1. The van der Waals surface area contributed by atoms with Gasteiger partial charge in [-0.25, -0.2) is 0 Å². The number of aryl methyl sites for hydroxylation is 1. The zero-order valence-corrected chi connectivity index (χ0v) is 18.0. The van der Waals surface area contributed by atoms with Crippen molar-refractivity contribution >= 4 is 17.7 Å². The highest BCUT2D eigenvalue weighted by Crippen LogP contribution is 2.18. The molecule has 0 aliphatic heterocycles. The Morgan fingerprint density at radius 3 is 2.50 bits per heavy atom. The summed E-state index contributed by atoms with van der Waals surface area (Å²) in [7, 11) is 1.67. The Morgan fingerprint density at radius 1 is 0.933 bits per heavy atom. The van der Waals surface area contributed by atoms with E-state index in [2.05, 4.69) is 23.5 Å². The van der Waals surface area contributed by atoms with E-state index in [0.717, 1.165) is 30.1 Å². The number of amides is 1. The fraction of sp³-hybridized carbons (Fsp3) is 0.240. The van der Waals surface area contributed by atoms with Crippen LogP contribution in [-0.4, -0.2) is 31.9 Å². The first kappa shape index (κ1) is 21.8.